The van der Waals surface area contributed by atoms with Crippen LogP contribution in [0.4, 0.5) is 11.8 Å². The molecule has 1 saturated heterocycles. The van der Waals surface area contributed by atoms with E-state index in [4.69, 9.17) is 27.6 Å². The number of nitriles is 1. The molecular formula is C23H25N9. The van der Waals surface area contributed by atoms with E-state index in [1.807, 2.05) is 24.3 Å². The summed E-state index contributed by atoms with van der Waals surface area (Å²) in [4.78, 5) is 15.5. The Morgan fingerprint density at radius 2 is 1.88 bits per heavy atom. The summed E-state index contributed by atoms with van der Waals surface area (Å²) >= 11 is 0. The molecule has 32 heavy (non-hydrogen) atoms. The van der Waals surface area contributed by atoms with Crippen LogP contribution in [0, 0.1) is 11.3 Å². The molecule has 1 aromatic carbocycles. The van der Waals surface area contributed by atoms with Crippen molar-refractivity contribution in [2.45, 2.75) is 19.4 Å². The normalized spacial score (nSPS) is 13.8. The molecule has 0 spiro atoms. The number of nitrogens with zero attached hydrogens (tertiary/aromatic N) is 6. The van der Waals surface area contributed by atoms with Crippen LogP contribution in [0.2, 0.25) is 0 Å². The van der Waals surface area contributed by atoms with Crippen molar-refractivity contribution in [3.05, 3.63) is 71.7 Å². The largest absolute Gasteiger partial charge is 0.396 e. The van der Waals surface area contributed by atoms with Crippen molar-refractivity contribution in [1.29, 1.82) is 5.26 Å². The van der Waals surface area contributed by atoms with Crippen LogP contribution >= 0.6 is 0 Å². The van der Waals surface area contributed by atoms with Gasteiger partial charge < -0.3 is 21.4 Å². The highest BCUT2D eigenvalue weighted by molar-refractivity contribution is 5.68. The van der Waals surface area contributed by atoms with Crippen LogP contribution < -0.4 is 22.2 Å². The third kappa shape index (κ3) is 4.94. The summed E-state index contributed by atoms with van der Waals surface area (Å²) in [6, 6.07) is 16.9. The maximum atomic E-state index is 9.14. The second-order valence-corrected chi connectivity index (χ2v) is 7.63. The SMILES string of the molecule is N#Cc1cccc(-c2cc(/C(N)=C/N(N)Cc3cccc(N4CCCC4)n3)nc(N)n2)c1. The number of benzene rings is 1. The lowest BCUT2D eigenvalue weighted by Gasteiger charge is -2.19. The summed E-state index contributed by atoms with van der Waals surface area (Å²) in [5.41, 5.74) is 15.7. The van der Waals surface area contributed by atoms with Crippen LogP contribution in [-0.2, 0) is 6.54 Å². The zero-order valence-electron chi connectivity index (χ0n) is 17.6. The van der Waals surface area contributed by atoms with Gasteiger partial charge in [0.1, 0.15) is 5.82 Å². The number of anilines is 2. The molecule has 0 amide bonds. The molecule has 2 aromatic heterocycles. The Bertz CT molecular complexity index is 1180. The molecule has 3 heterocycles. The Labute approximate surface area is 186 Å². The van der Waals surface area contributed by atoms with Crippen molar-refractivity contribution < 1.29 is 0 Å². The average Bonchev–Trinajstić information content (AvgIpc) is 3.34. The summed E-state index contributed by atoms with van der Waals surface area (Å²) in [5.74, 6) is 7.24. The van der Waals surface area contributed by atoms with Crippen molar-refractivity contribution in [2.75, 3.05) is 23.7 Å². The summed E-state index contributed by atoms with van der Waals surface area (Å²) in [5, 5.41) is 10.6. The van der Waals surface area contributed by atoms with E-state index in [2.05, 4.69) is 20.9 Å². The van der Waals surface area contributed by atoms with E-state index in [-0.39, 0.29) is 5.95 Å². The third-order valence-corrected chi connectivity index (χ3v) is 5.20. The predicted octanol–water partition coefficient (Wildman–Crippen LogP) is 2.23. The lowest BCUT2D eigenvalue weighted by Crippen LogP contribution is -2.27. The molecule has 3 aromatic rings. The van der Waals surface area contributed by atoms with Crippen LogP contribution in [0.25, 0.3) is 17.0 Å². The molecule has 0 aliphatic carbocycles. The van der Waals surface area contributed by atoms with Gasteiger partial charge in [-0.2, -0.15) is 5.26 Å². The standard InChI is InChI=1S/C23H25N9/c24-13-16-5-3-6-17(11-16)20-12-21(30-23(26)29-20)19(25)15-32(27)14-18-7-4-8-22(28-18)31-9-1-2-10-31/h3-8,11-12,15H,1-2,9-10,14,25,27H2,(H2,26,29,30)/b19-15-. The second-order valence-electron chi connectivity index (χ2n) is 7.63. The first-order valence-electron chi connectivity index (χ1n) is 10.4. The number of rotatable bonds is 6. The number of nitrogens with two attached hydrogens (primary N) is 3. The Hall–Kier alpha value is -4.16. The smallest absolute Gasteiger partial charge is 0.221 e. The number of nitrogen functional groups attached to an aromatic ring is 1. The first kappa shape index (κ1) is 21.1. The number of pyridine rings is 1. The molecule has 0 bridgehead atoms. The fourth-order valence-electron chi connectivity index (χ4n) is 3.66. The van der Waals surface area contributed by atoms with Crippen molar-refractivity contribution in [1.82, 2.24) is 20.0 Å². The molecule has 0 radical (unpaired) electrons. The lowest BCUT2D eigenvalue weighted by atomic mass is 10.1. The molecule has 1 fully saturated rings. The van der Waals surface area contributed by atoms with Crippen LogP contribution in [0.3, 0.4) is 0 Å². The van der Waals surface area contributed by atoms with Gasteiger partial charge in [-0.05, 0) is 43.2 Å². The van der Waals surface area contributed by atoms with E-state index in [0.29, 0.717) is 29.2 Å². The van der Waals surface area contributed by atoms with Gasteiger partial charge in [-0.1, -0.05) is 18.2 Å². The minimum atomic E-state index is 0.0831. The molecule has 0 atom stereocenters. The Morgan fingerprint density at radius 1 is 1.09 bits per heavy atom. The van der Waals surface area contributed by atoms with Crippen molar-refractivity contribution in [2.24, 2.45) is 11.6 Å². The van der Waals surface area contributed by atoms with E-state index in [0.717, 1.165) is 30.2 Å². The second kappa shape index (κ2) is 9.32. The highest BCUT2D eigenvalue weighted by Gasteiger charge is 2.14. The van der Waals surface area contributed by atoms with Crippen molar-refractivity contribution in [3.8, 4) is 17.3 Å². The Balaban J connectivity index is 1.53. The van der Waals surface area contributed by atoms with Gasteiger partial charge in [0.15, 0.2) is 0 Å². The molecule has 0 saturated carbocycles. The fraction of sp³-hybridized carbons (Fsp3) is 0.217. The predicted molar refractivity (Wildman–Crippen MR) is 124 cm³/mol. The molecular weight excluding hydrogens is 402 g/mol. The van der Waals surface area contributed by atoms with Gasteiger partial charge in [0.05, 0.1) is 41.0 Å². The zero-order valence-corrected chi connectivity index (χ0v) is 17.6. The molecule has 1 aliphatic heterocycles. The molecule has 162 valence electrons. The first-order valence-corrected chi connectivity index (χ1v) is 10.4. The van der Waals surface area contributed by atoms with Crippen molar-refractivity contribution in [3.63, 3.8) is 0 Å². The number of hydrogen-bond acceptors (Lipinski definition) is 9. The summed E-state index contributed by atoms with van der Waals surface area (Å²) < 4.78 is 0. The average molecular weight is 428 g/mol. The van der Waals surface area contributed by atoms with Crippen LogP contribution in [0.15, 0.2) is 54.7 Å². The fourth-order valence-corrected chi connectivity index (χ4v) is 3.66. The number of hydrazine groups is 1. The van der Waals surface area contributed by atoms with Gasteiger partial charge in [0.2, 0.25) is 5.95 Å². The van der Waals surface area contributed by atoms with Crippen molar-refractivity contribution >= 4 is 17.5 Å². The minimum Gasteiger partial charge on any atom is -0.396 e. The Kier molecular flexibility index (Phi) is 6.14. The van der Waals surface area contributed by atoms with Gasteiger partial charge in [0.25, 0.3) is 0 Å². The van der Waals surface area contributed by atoms with Gasteiger partial charge in [-0.3, -0.25) is 0 Å². The topological polar surface area (TPSA) is 147 Å². The lowest BCUT2D eigenvalue weighted by molar-refractivity contribution is 0.382. The quantitative estimate of drug-likeness (QED) is 0.398. The molecule has 4 rings (SSSR count). The first-order chi connectivity index (χ1) is 15.5. The highest BCUT2D eigenvalue weighted by atomic mass is 15.4. The molecule has 9 heteroatoms. The number of hydrogen-bond donors (Lipinski definition) is 3. The Morgan fingerprint density at radius 3 is 2.66 bits per heavy atom. The highest BCUT2D eigenvalue weighted by Crippen LogP contribution is 2.22. The van der Waals surface area contributed by atoms with Gasteiger partial charge in [0, 0.05) is 24.9 Å². The van der Waals surface area contributed by atoms with E-state index < -0.39 is 0 Å². The summed E-state index contributed by atoms with van der Waals surface area (Å²) in [6.07, 6.45) is 3.99. The maximum Gasteiger partial charge on any atom is 0.221 e. The van der Waals surface area contributed by atoms with Gasteiger partial charge in [-0.15, -0.1) is 0 Å². The van der Waals surface area contributed by atoms with Gasteiger partial charge >= 0.3 is 0 Å². The number of aromatic nitrogens is 3. The third-order valence-electron chi connectivity index (χ3n) is 5.20. The molecule has 0 unspecified atom stereocenters. The van der Waals surface area contributed by atoms with Crippen LogP contribution in [0.1, 0.15) is 29.8 Å². The molecule has 1 aliphatic rings. The van der Waals surface area contributed by atoms with E-state index in [1.54, 1.807) is 30.5 Å². The van der Waals surface area contributed by atoms with Crippen LogP contribution in [0.5, 0.6) is 0 Å². The van der Waals surface area contributed by atoms with E-state index in [1.165, 1.54) is 17.9 Å². The van der Waals surface area contributed by atoms with Crippen LogP contribution in [-0.4, -0.2) is 33.1 Å². The maximum absolute atomic E-state index is 9.14. The zero-order chi connectivity index (χ0) is 22.5. The molecule has 9 nitrogen and oxygen atoms in total. The summed E-state index contributed by atoms with van der Waals surface area (Å²) in [7, 11) is 0. The summed E-state index contributed by atoms with van der Waals surface area (Å²) in [6.45, 7) is 2.45. The van der Waals surface area contributed by atoms with E-state index >= 15 is 0 Å². The van der Waals surface area contributed by atoms with E-state index in [9.17, 15) is 0 Å². The van der Waals surface area contributed by atoms with Gasteiger partial charge in [-0.25, -0.2) is 20.8 Å². The molecule has 6 N–H and O–H groups in total. The monoisotopic (exact) mass is 427 g/mol. The minimum absolute atomic E-state index is 0.0831.